The number of amides is 1. The summed E-state index contributed by atoms with van der Waals surface area (Å²) in [6, 6.07) is 11.2. The van der Waals surface area contributed by atoms with Gasteiger partial charge in [-0.05, 0) is 42.5 Å². The second kappa shape index (κ2) is 6.06. The van der Waals surface area contributed by atoms with Crippen LogP contribution in [-0.4, -0.2) is 19.6 Å². The Kier molecular flexibility index (Phi) is 3.75. The van der Waals surface area contributed by atoms with Crippen molar-refractivity contribution in [1.82, 2.24) is 13.7 Å². The predicted octanol–water partition coefficient (Wildman–Crippen LogP) is 4.21. The molecule has 8 heteroatoms. The Morgan fingerprint density at radius 2 is 1.83 bits per heavy atom. The number of carbonyl (C=O) groups is 1. The smallest absolute Gasteiger partial charge is 0.257 e. The predicted molar refractivity (Wildman–Crippen MR) is 92.9 cm³/mol. The van der Waals surface area contributed by atoms with E-state index in [0.717, 1.165) is 22.8 Å². The lowest BCUT2D eigenvalue weighted by Crippen LogP contribution is -2.11. The molecule has 4 rings (SSSR count). The van der Waals surface area contributed by atoms with Gasteiger partial charge in [-0.25, -0.2) is 9.37 Å². The van der Waals surface area contributed by atoms with E-state index < -0.39 is 0 Å². The number of rotatable bonds is 3. The average Bonchev–Trinajstić information content (AvgIpc) is 3.24. The highest BCUT2D eigenvalue weighted by atomic mass is 32.1. The molecule has 0 atom stereocenters. The highest BCUT2D eigenvalue weighted by Gasteiger charge is 2.11. The van der Waals surface area contributed by atoms with Crippen molar-refractivity contribution < 1.29 is 9.18 Å². The third-order valence-corrected chi connectivity index (χ3v) is 4.69. The van der Waals surface area contributed by atoms with Crippen LogP contribution in [0, 0.1) is 5.82 Å². The van der Waals surface area contributed by atoms with Crippen molar-refractivity contribution in [1.29, 1.82) is 0 Å². The van der Waals surface area contributed by atoms with E-state index in [4.69, 9.17) is 0 Å². The Balaban J connectivity index is 1.54. The van der Waals surface area contributed by atoms with E-state index in [9.17, 15) is 9.18 Å². The Hall–Kier alpha value is -2.71. The fraction of sp³-hybridized carbons (Fsp3) is 0. The van der Waals surface area contributed by atoms with Gasteiger partial charge in [0.2, 0.25) is 0 Å². The average molecular weight is 356 g/mol. The summed E-state index contributed by atoms with van der Waals surface area (Å²) in [5.41, 5.74) is 3.44. The van der Waals surface area contributed by atoms with Crippen LogP contribution in [-0.2, 0) is 0 Å². The highest BCUT2D eigenvalue weighted by molar-refractivity contribution is 7.14. The maximum Gasteiger partial charge on any atom is 0.257 e. The number of hydrogen-bond acceptors (Lipinski definition) is 6. The quantitative estimate of drug-likeness (QED) is 0.597. The zero-order valence-electron chi connectivity index (χ0n) is 12.1. The van der Waals surface area contributed by atoms with Gasteiger partial charge >= 0.3 is 0 Å². The lowest BCUT2D eigenvalue weighted by atomic mass is 10.2. The molecule has 0 aliphatic heterocycles. The number of thiazole rings is 1. The van der Waals surface area contributed by atoms with Crippen molar-refractivity contribution in [3.05, 3.63) is 59.2 Å². The summed E-state index contributed by atoms with van der Waals surface area (Å²) in [7, 11) is 0. The van der Waals surface area contributed by atoms with Crippen LogP contribution in [0.1, 0.15) is 10.4 Å². The molecule has 0 saturated carbocycles. The van der Waals surface area contributed by atoms with Crippen LogP contribution >= 0.6 is 23.1 Å². The minimum absolute atomic E-state index is 0.259. The van der Waals surface area contributed by atoms with Crippen LogP contribution in [0.15, 0.2) is 47.8 Å². The van der Waals surface area contributed by atoms with Crippen LogP contribution in [0.5, 0.6) is 0 Å². The van der Waals surface area contributed by atoms with Crippen molar-refractivity contribution in [3.63, 3.8) is 0 Å². The fourth-order valence-corrected chi connectivity index (χ4v) is 3.41. The Morgan fingerprint density at radius 1 is 1.04 bits per heavy atom. The Bertz CT molecular complexity index is 1030. The molecule has 5 nitrogen and oxygen atoms in total. The van der Waals surface area contributed by atoms with E-state index in [1.807, 2.05) is 5.38 Å². The number of benzene rings is 2. The van der Waals surface area contributed by atoms with E-state index in [0.29, 0.717) is 21.9 Å². The molecule has 118 valence electrons. The molecule has 24 heavy (non-hydrogen) atoms. The van der Waals surface area contributed by atoms with Gasteiger partial charge in [0, 0.05) is 16.5 Å². The molecule has 2 aromatic heterocycles. The summed E-state index contributed by atoms with van der Waals surface area (Å²) < 4.78 is 21.2. The van der Waals surface area contributed by atoms with Gasteiger partial charge in [0.05, 0.1) is 17.4 Å². The third-order valence-electron chi connectivity index (χ3n) is 3.38. The molecule has 4 aromatic rings. The molecule has 0 radical (unpaired) electrons. The van der Waals surface area contributed by atoms with Gasteiger partial charge in [-0.2, -0.15) is 8.75 Å². The number of anilines is 1. The van der Waals surface area contributed by atoms with Crippen molar-refractivity contribution >= 4 is 45.1 Å². The van der Waals surface area contributed by atoms with Crippen LogP contribution < -0.4 is 5.32 Å². The number of nitrogens with one attached hydrogen (secondary N) is 1. The number of halogens is 1. The summed E-state index contributed by atoms with van der Waals surface area (Å²) in [6.07, 6.45) is 0. The van der Waals surface area contributed by atoms with Crippen molar-refractivity contribution in [3.8, 4) is 11.3 Å². The van der Waals surface area contributed by atoms with Gasteiger partial charge in [0.1, 0.15) is 16.9 Å². The van der Waals surface area contributed by atoms with Gasteiger partial charge in [0.25, 0.3) is 5.91 Å². The van der Waals surface area contributed by atoms with Gasteiger partial charge < -0.3 is 0 Å². The van der Waals surface area contributed by atoms with Gasteiger partial charge in [-0.3, -0.25) is 10.1 Å². The molecule has 0 spiro atoms. The normalized spacial score (nSPS) is 10.9. The molecular weight excluding hydrogens is 347 g/mol. The number of carbonyl (C=O) groups excluding carboxylic acids is 1. The summed E-state index contributed by atoms with van der Waals surface area (Å²) in [6.45, 7) is 0. The van der Waals surface area contributed by atoms with Gasteiger partial charge in [-0.1, -0.05) is 0 Å². The first-order valence-electron chi connectivity index (χ1n) is 6.94. The molecular formula is C16H9FN4OS2. The van der Waals surface area contributed by atoms with Gasteiger partial charge in [-0.15, -0.1) is 11.3 Å². The number of hydrogen-bond donors (Lipinski definition) is 1. The van der Waals surface area contributed by atoms with Crippen LogP contribution in [0.3, 0.4) is 0 Å². The largest absolute Gasteiger partial charge is 0.298 e. The van der Waals surface area contributed by atoms with Crippen molar-refractivity contribution in [2.24, 2.45) is 0 Å². The Labute approximate surface area is 144 Å². The maximum atomic E-state index is 13.0. The van der Waals surface area contributed by atoms with E-state index in [1.165, 1.54) is 23.5 Å². The van der Waals surface area contributed by atoms with E-state index >= 15 is 0 Å². The van der Waals surface area contributed by atoms with E-state index in [2.05, 4.69) is 19.0 Å². The monoisotopic (exact) mass is 356 g/mol. The van der Waals surface area contributed by atoms with Crippen LogP contribution in [0.2, 0.25) is 0 Å². The number of nitrogens with zero attached hydrogens (tertiary/aromatic N) is 3. The summed E-state index contributed by atoms with van der Waals surface area (Å²) >= 11 is 2.42. The molecule has 0 aliphatic carbocycles. The molecule has 0 fully saturated rings. The second-order valence-corrected chi connectivity index (χ2v) is 6.35. The topological polar surface area (TPSA) is 67.8 Å². The first-order valence-corrected chi connectivity index (χ1v) is 8.55. The molecule has 2 heterocycles. The second-order valence-electron chi connectivity index (χ2n) is 4.97. The molecule has 2 aromatic carbocycles. The minimum Gasteiger partial charge on any atom is -0.298 e. The first kappa shape index (κ1) is 14.9. The molecule has 0 saturated heterocycles. The molecule has 0 bridgehead atoms. The van der Waals surface area contributed by atoms with Crippen LogP contribution in [0.4, 0.5) is 9.52 Å². The standard InChI is InChI=1S/C16H9FN4OS2/c17-11-4-1-9(2-5-11)14-8-23-16(18-14)19-15(22)10-3-6-12-13(7-10)21-24-20-12/h1-8H,(H,18,19,22). The van der Waals surface area contributed by atoms with E-state index in [-0.39, 0.29) is 11.7 Å². The zero-order chi connectivity index (χ0) is 16.5. The summed E-state index contributed by atoms with van der Waals surface area (Å²) in [5, 5.41) is 5.06. The third kappa shape index (κ3) is 2.89. The van der Waals surface area contributed by atoms with Crippen molar-refractivity contribution in [2.45, 2.75) is 0 Å². The lowest BCUT2D eigenvalue weighted by molar-refractivity contribution is 0.102. The van der Waals surface area contributed by atoms with Gasteiger partial charge in [0.15, 0.2) is 5.13 Å². The number of fused-ring (bicyclic) bond motifs is 1. The molecule has 0 unspecified atom stereocenters. The highest BCUT2D eigenvalue weighted by Crippen LogP contribution is 2.25. The SMILES string of the molecule is O=C(Nc1nc(-c2ccc(F)cc2)cs1)c1ccc2nsnc2c1. The van der Waals surface area contributed by atoms with Crippen molar-refractivity contribution in [2.75, 3.05) is 5.32 Å². The molecule has 0 aliphatic rings. The number of aromatic nitrogens is 3. The maximum absolute atomic E-state index is 13.0. The first-order chi connectivity index (χ1) is 11.7. The molecule has 1 amide bonds. The lowest BCUT2D eigenvalue weighted by Gasteiger charge is -2.01. The van der Waals surface area contributed by atoms with E-state index in [1.54, 1.807) is 30.3 Å². The Morgan fingerprint density at radius 3 is 2.67 bits per heavy atom. The zero-order valence-corrected chi connectivity index (χ0v) is 13.7. The summed E-state index contributed by atoms with van der Waals surface area (Å²) in [4.78, 5) is 16.7. The fourth-order valence-electron chi connectivity index (χ4n) is 2.18. The van der Waals surface area contributed by atoms with Crippen LogP contribution in [0.25, 0.3) is 22.3 Å². The molecule has 1 N–H and O–H groups in total. The minimum atomic E-state index is -0.297. The summed E-state index contributed by atoms with van der Waals surface area (Å²) in [5.74, 6) is -0.556.